The van der Waals surface area contributed by atoms with Gasteiger partial charge in [-0.1, -0.05) is 96.2 Å². The number of aromatic hydroxyl groups is 1. The van der Waals surface area contributed by atoms with Gasteiger partial charge in [-0.15, -0.1) is 0 Å². The standard InChI is InChI=1S/C25H21BrN4O2.C24H22F3N5O.C23H23FN6O.CH4/c1-30(27-16-17-8-13-23(31)24(14-17)32-2)25-28-21(18-6-4-3-5-7-18)15-22(29-25)19-9-11-20(26)12-10-19;1-31-12-18(21-22(28)29-13-30-23(21)31)15-5-6-19-16(11-15)7-8-32(19)20(33)10-14-3-2-4-17(9-14)24(25,26)27;1-13-4-3-5-14(28-13)10-19(31)30-9-8-16-18(30)7-6-15(21(16)24)17-11-29(2)23-20(17)22(25)26-12-27-23;/h3-16,31H,1-2H3;2-6,9,11-13,21-22H,7-8,10,28H2,1H3;3-7,11-12,20,22H,8-10,25H2,1-2H3;1H4/b27-16-;;;. The van der Waals surface area contributed by atoms with E-state index in [1.165, 1.54) is 25.9 Å². The molecule has 6 aliphatic rings. The quantitative estimate of drug-likeness (QED) is 0.0589. The number of rotatable bonds is 12. The summed E-state index contributed by atoms with van der Waals surface area (Å²) in [7, 11) is 7.10. The van der Waals surface area contributed by atoms with Crippen molar-refractivity contribution < 1.29 is 37.0 Å². The summed E-state index contributed by atoms with van der Waals surface area (Å²) in [6.07, 6.45) is 4.38. The second-order valence-electron chi connectivity index (χ2n) is 23.5. The Labute approximate surface area is 567 Å². The van der Waals surface area contributed by atoms with Gasteiger partial charge in [-0.05, 0) is 132 Å². The van der Waals surface area contributed by atoms with Crippen LogP contribution >= 0.6 is 15.9 Å². The topological polar surface area (TPSA) is 232 Å². The van der Waals surface area contributed by atoms with E-state index in [1.54, 1.807) is 58.4 Å². The molecule has 8 heterocycles. The number of amides is 2. The molecule has 0 spiro atoms. The van der Waals surface area contributed by atoms with Crippen molar-refractivity contribution in [3.63, 3.8) is 0 Å². The number of pyridine rings is 1. The number of hydrazone groups is 1. The fourth-order valence-corrected chi connectivity index (χ4v) is 12.6. The van der Waals surface area contributed by atoms with Gasteiger partial charge in [0.25, 0.3) is 0 Å². The molecule has 2 amide bonds. The van der Waals surface area contributed by atoms with Crippen LogP contribution in [0.15, 0.2) is 194 Å². The number of hydrogen-bond acceptors (Lipinski definition) is 17. The lowest BCUT2D eigenvalue weighted by atomic mass is 9.90. The van der Waals surface area contributed by atoms with Crippen LogP contribution in [0.3, 0.4) is 0 Å². The van der Waals surface area contributed by atoms with Crippen molar-refractivity contribution in [1.82, 2.24) is 24.8 Å². The van der Waals surface area contributed by atoms with Gasteiger partial charge in [0, 0.05) is 96.1 Å². The number of aryl methyl sites for hydroxylation is 1. The average Bonchev–Trinajstić information content (AvgIpc) is 1.63. The number of amidine groups is 2. The lowest BCUT2D eigenvalue weighted by molar-refractivity contribution is -0.137. The summed E-state index contributed by atoms with van der Waals surface area (Å²) in [5, 5.41) is 15.9. The number of hydrogen-bond donors (Lipinski definition) is 3. The molecule has 24 heteroatoms. The van der Waals surface area contributed by atoms with E-state index in [2.05, 4.69) is 52.1 Å². The number of benzene rings is 6. The Balaban J connectivity index is 0.000000147. The number of anilines is 3. The third-order valence-corrected chi connectivity index (χ3v) is 17.7. The molecule has 0 radical (unpaired) electrons. The highest BCUT2D eigenvalue weighted by molar-refractivity contribution is 9.10. The number of phenolic OH excluding ortho intramolecular Hbond substituents is 1. The number of aromatic nitrogens is 3. The molecule has 0 saturated heterocycles. The first-order valence-electron chi connectivity index (χ1n) is 30.8. The minimum atomic E-state index is -4.44. The first-order chi connectivity index (χ1) is 46.2. The second-order valence-corrected chi connectivity index (χ2v) is 24.4. The van der Waals surface area contributed by atoms with Crippen molar-refractivity contribution in [2.75, 3.05) is 56.2 Å². The minimum Gasteiger partial charge on any atom is -0.504 e. The van der Waals surface area contributed by atoms with E-state index in [0.29, 0.717) is 65.7 Å². The number of phenols is 1. The Hall–Kier alpha value is -10.6. The second kappa shape index (κ2) is 28.8. The number of nitrogens with zero attached hydrogens (tertiary/aromatic N) is 13. The zero-order valence-electron chi connectivity index (χ0n) is 52.9. The minimum absolute atomic E-state index is 0. The van der Waals surface area contributed by atoms with E-state index >= 15 is 4.39 Å². The van der Waals surface area contributed by atoms with Crippen molar-refractivity contribution in [2.45, 2.75) is 58.5 Å². The third-order valence-electron chi connectivity index (χ3n) is 17.2. The highest BCUT2D eigenvalue weighted by atomic mass is 79.9. The van der Waals surface area contributed by atoms with Gasteiger partial charge in [0.05, 0.1) is 55.0 Å². The number of alkyl halides is 3. The van der Waals surface area contributed by atoms with Gasteiger partial charge in [-0.3, -0.25) is 24.6 Å². The summed E-state index contributed by atoms with van der Waals surface area (Å²) in [5.41, 5.74) is 24.2. The van der Waals surface area contributed by atoms with E-state index in [0.717, 1.165) is 90.0 Å². The predicted molar refractivity (Wildman–Crippen MR) is 377 cm³/mol. The molecule has 6 aliphatic heterocycles. The summed E-state index contributed by atoms with van der Waals surface area (Å²) in [6, 6.07) is 45.0. The number of fused-ring (bicyclic) bond motifs is 4. The number of nitrogens with two attached hydrogens (primary N) is 2. The fraction of sp³-hybridized carbons (Fsp3) is 0.233. The fourth-order valence-electron chi connectivity index (χ4n) is 12.4. The SMILES string of the molecule is C.CN1C=C(c2ccc3c(c2)CCN3C(=O)Cc2cccc(C(F)(F)F)c2)C2C1=NC=NC2N.COc1cc(/C=N\N(C)c2nc(-c3ccccc3)cc(-c3ccc(Br)cc3)n2)ccc1O.Cc1cccc(CC(=O)N2CCc3c2ccc(C2=CN(C)C4=NC=NC(N)C24)c3F)n1. The lowest BCUT2D eigenvalue weighted by Crippen LogP contribution is -2.38. The lowest BCUT2D eigenvalue weighted by Gasteiger charge is -2.24. The maximum Gasteiger partial charge on any atom is 0.416 e. The molecular weight excluding hydrogens is 1310 g/mol. The normalized spacial score (nSPS) is 17.9. The summed E-state index contributed by atoms with van der Waals surface area (Å²) >= 11 is 3.48. The third kappa shape index (κ3) is 14.7. The van der Waals surface area contributed by atoms with Crippen molar-refractivity contribution >= 4 is 86.8 Å². The molecule has 8 aromatic rings. The number of aliphatic imine (C=N–C) groups is 4. The molecule has 0 fully saturated rings. The Bertz CT molecular complexity index is 4540. The smallest absolute Gasteiger partial charge is 0.416 e. The predicted octanol–water partition coefficient (Wildman–Crippen LogP) is 12.1. The van der Waals surface area contributed by atoms with Crippen LogP contribution in [0, 0.1) is 24.6 Å². The zero-order chi connectivity index (χ0) is 67.5. The largest absolute Gasteiger partial charge is 0.504 e. The van der Waals surface area contributed by atoms with Crippen LogP contribution in [0.1, 0.15) is 57.8 Å². The number of halogens is 5. The molecule has 5 N–H and O–H groups in total. The van der Waals surface area contributed by atoms with Gasteiger partial charge in [0.15, 0.2) is 11.5 Å². The molecule has 496 valence electrons. The first kappa shape index (κ1) is 67.8. The van der Waals surface area contributed by atoms with Gasteiger partial charge in [-0.25, -0.2) is 29.4 Å². The number of ether oxygens (including phenoxy) is 1. The molecule has 2 aromatic heterocycles. The van der Waals surface area contributed by atoms with Gasteiger partial charge < -0.3 is 40.9 Å². The van der Waals surface area contributed by atoms with Crippen LogP contribution in [0.4, 0.5) is 34.9 Å². The number of carbonyl (C=O) groups excluding carboxylic acids is 2. The molecule has 4 atom stereocenters. The average molecular weight is 1380 g/mol. The highest BCUT2D eigenvalue weighted by Gasteiger charge is 2.40. The molecule has 6 aromatic carbocycles. The van der Waals surface area contributed by atoms with Gasteiger partial charge >= 0.3 is 6.18 Å². The molecule has 0 bridgehead atoms. The molecule has 0 aliphatic carbocycles. The summed E-state index contributed by atoms with van der Waals surface area (Å²) in [4.78, 5) is 63.9. The van der Waals surface area contributed by atoms with E-state index < -0.39 is 24.1 Å². The zero-order valence-corrected chi connectivity index (χ0v) is 54.5. The highest BCUT2D eigenvalue weighted by Crippen LogP contribution is 2.42. The summed E-state index contributed by atoms with van der Waals surface area (Å²) in [6.45, 7) is 2.85. The van der Waals surface area contributed by atoms with Crippen molar-refractivity contribution in [3.8, 4) is 34.0 Å². The van der Waals surface area contributed by atoms with E-state index in [1.807, 2.05) is 140 Å². The van der Waals surface area contributed by atoms with E-state index in [9.17, 15) is 27.9 Å². The Kier molecular flexibility index (Phi) is 20.1. The molecule has 19 nitrogen and oxygen atoms in total. The van der Waals surface area contributed by atoms with Crippen LogP contribution < -0.4 is 31.0 Å². The van der Waals surface area contributed by atoms with Gasteiger partial charge in [0.2, 0.25) is 17.8 Å². The first-order valence-corrected chi connectivity index (χ1v) is 31.6. The molecule has 97 heavy (non-hydrogen) atoms. The maximum absolute atomic E-state index is 15.6. The monoisotopic (exact) mass is 1380 g/mol. The maximum atomic E-state index is 15.6. The van der Waals surface area contributed by atoms with Crippen LogP contribution in [-0.2, 0) is 41.4 Å². The van der Waals surface area contributed by atoms with Gasteiger partial charge in [-0.2, -0.15) is 18.3 Å². The molecular formula is C73H70BrF4N15O4. The van der Waals surface area contributed by atoms with Crippen molar-refractivity contribution in [1.29, 1.82) is 0 Å². The molecule has 0 saturated carbocycles. The van der Waals surface area contributed by atoms with E-state index in [4.69, 9.17) is 26.2 Å². The number of carbonyl (C=O) groups is 2. The van der Waals surface area contributed by atoms with Crippen LogP contribution in [0.25, 0.3) is 33.7 Å². The number of methoxy groups -OCH3 is 1. The van der Waals surface area contributed by atoms with Crippen molar-refractivity contribution in [2.24, 2.45) is 48.4 Å². The molecule has 4 unspecified atom stereocenters. The Morgan fingerprint density at radius 1 is 0.711 bits per heavy atom. The van der Waals surface area contributed by atoms with E-state index in [-0.39, 0.29) is 55.5 Å². The molecule has 14 rings (SSSR count). The summed E-state index contributed by atoms with van der Waals surface area (Å²) in [5.74, 6) is 1.53. The van der Waals surface area contributed by atoms with Crippen LogP contribution in [0.5, 0.6) is 11.5 Å². The van der Waals surface area contributed by atoms with Gasteiger partial charge in [0.1, 0.15) is 42.5 Å². The summed E-state index contributed by atoms with van der Waals surface area (Å²) < 4.78 is 60.8. The van der Waals surface area contributed by atoms with Crippen molar-refractivity contribution in [3.05, 3.63) is 225 Å². The Morgan fingerprint density at radius 3 is 2.01 bits per heavy atom. The van der Waals surface area contributed by atoms with Crippen LogP contribution in [-0.4, -0.2) is 126 Å². The van der Waals surface area contributed by atoms with Crippen LogP contribution in [0.2, 0.25) is 0 Å². The Morgan fingerprint density at radius 2 is 1.33 bits per heavy atom.